The second kappa shape index (κ2) is 7.56. The van der Waals surface area contributed by atoms with Gasteiger partial charge in [-0.05, 0) is 12.0 Å². The maximum Gasteiger partial charge on any atom is 0.0262 e. The second-order valence-electron chi connectivity index (χ2n) is 2.59. The molecule has 0 amide bonds. The summed E-state index contributed by atoms with van der Waals surface area (Å²) < 4.78 is 0. The molecule has 0 saturated heterocycles. The summed E-state index contributed by atoms with van der Waals surface area (Å²) in [5, 5.41) is 0. The summed E-state index contributed by atoms with van der Waals surface area (Å²) in [5.41, 5.74) is 6.95. The van der Waals surface area contributed by atoms with Crippen molar-refractivity contribution < 1.29 is 0 Å². The van der Waals surface area contributed by atoms with Crippen LogP contribution in [-0.2, 0) is 6.42 Å². The molecule has 1 atom stereocenters. The van der Waals surface area contributed by atoms with Crippen molar-refractivity contribution in [1.82, 2.24) is 0 Å². The molecule has 72 valence electrons. The highest BCUT2D eigenvalue weighted by Gasteiger charge is 1.96. The first-order valence-corrected chi connectivity index (χ1v) is 4.75. The standard InChI is InChI=1S/C10H13N.C2H6/c1-2-10(11)8-9-6-4-3-5-7-9;1-2/h2-7,10H,1,8,11H2;1-2H3. The molecule has 1 aromatic carbocycles. The van der Waals surface area contributed by atoms with Crippen LogP contribution in [0.1, 0.15) is 19.4 Å². The fraction of sp³-hybridized carbons (Fsp3) is 0.333. The van der Waals surface area contributed by atoms with E-state index in [4.69, 9.17) is 5.73 Å². The van der Waals surface area contributed by atoms with E-state index in [-0.39, 0.29) is 6.04 Å². The van der Waals surface area contributed by atoms with Crippen molar-refractivity contribution in [3.63, 3.8) is 0 Å². The average Bonchev–Trinajstić information content (AvgIpc) is 2.22. The van der Waals surface area contributed by atoms with Crippen LogP contribution in [0.4, 0.5) is 0 Å². The zero-order valence-electron chi connectivity index (χ0n) is 8.53. The van der Waals surface area contributed by atoms with Gasteiger partial charge in [-0.3, -0.25) is 0 Å². The van der Waals surface area contributed by atoms with Gasteiger partial charge in [-0.2, -0.15) is 0 Å². The highest BCUT2D eigenvalue weighted by molar-refractivity contribution is 5.16. The molecule has 0 aromatic heterocycles. The van der Waals surface area contributed by atoms with Crippen molar-refractivity contribution in [2.75, 3.05) is 0 Å². The van der Waals surface area contributed by atoms with Gasteiger partial charge in [-0.1, -0.05) is 50.3 Å². The van der Waals surface area contributed by atoms with E-state index in [0.29, 0.717) is 0 Å². The molecule has 0 fully saturated rings. The molecule has 2 N–H and O–H groups in total. The lowest BCUT2D eigenvalue weighted by molar-refractivity contribution is 0.812. The summed E-state index contributed by atoms with van der Waals surface area (Å²) in [5.74, 6) is 0. The Labute approximate surface area is 81.3 Å². The molecule has 0 aliphatic heterocycles. The fourth-order valence-corrected chi connectivity index (χ4v) is 0.970. The van der Waals surface area contributed by atoms with Crippen LogP contribution < -0.4 is 5.73 Å². The first-order valence-electron chi connectivity index (χ1n) is 4.75. The Morgan fingerprint density at radius 1 is 1.31 bits per heavy atom. The normalized spacial score (nSPS) is 11.0. The van der Waals surface area contributed by atoms with Crippen LogP contribution in [0.5, 0.6) is 0 Å². The van der Waals surface area contributed by atoms with Gasteiger partial charge in [0.25, 0.3) is 0 Å². The molecule has 1 nitrogen and oxygen atoms in total. The lowest BCUT2D eigenvalue weighted by atomic mass is 10.1. The summed E-state index contributed by atoms with van der Waals surface area (Å²) in [7, 11) is 0. The minimum atomic E-state index is 0.0809. The summed E-state index contributed by atoms with van der Waals surface area (Å²) in [6.45, 7) is 7.63. The Morgan fingerprint density at radius 3 is 2.31 bits per heavy atom. The molecule has 0 bridgehead atoms. The van der Waals surface area contributed by atoms with Gasteiger partial charge in [-0.15, -0.1) is 6.58 Å². The third kappa shape index (κ3) is 5.21. The number of benzene rings is 1. The van der Waals surface area contributed by atoms with E-state index < -0.39 is 0 Å². The monoisotopic (exact) mass is 177 g/mol. The van der Waals surface area contributed by atoms with E-state index in [9.17, 15) is 0 Å². The van der Waals surface area contributed by atoms with Crippen molar-refractivity contribution in [2.24, 2.45) is 5.73 Å². The Kier molecular flexibility index (Phi) is 6.93. The molecule has 0 spiro atoms. The minimum Gasteiger partial charge on any atom is -0.324 e. The molecule has 1 rings (SSSR count). The highest BCUT2D eigenvalue weighted by atomic mass is 14.6. The molecule has 1 aromatic rings. The molecule has 0 radical (unpaired) electrons. The van der Waals surface area contributed by atoms with Crippen LogP contribution in [0.2, 0.25) is 0 Å². The third-order valence-corrected chi connectivity index (χ3v) is 1.62. The largest absolute Gasteiger partial charge is 0.324 e. The van der Waals surface area contributed by atoms with Gasteiger partial charge in [-0.25, -0.2) is 0 Å². The van der Waals surface area contributed by atoms with Gasteiger partial charge in [0.05, 0.1) is 0 Å². The molecule has 0 heterocycles. The minimum absolute atomic E-state index is 0.0809. The Morgan fingerprint density at radius 2 is 1.85 bits per heavy atom. The molecule has 0 aliphatic rings. The van der Waals surface area contributed by atoms with Gasteiger partial charge < -0.3 is 5.73 Å². The summed E-state index contributed by atoms with van der Waals surface area (Å²) in [6, 6.07) is 10.3. The first-order chi connectivity index (χ1) is 6.33. The molecular weight excluding hydrogens is 158 g/mol. The molecular formula is C12H19N. The second-order valence-corrected chi connectivity index (χ2v) is 2.59. The number of hydrogen-bond donors (Lipinski definition) is 1. The van der Waals surface area contributed by atoms with E-state index in [0.717, 1.165) is 6.42 Å². The smallest absolute Gasteiger partial charge is 0.0262 e. The van der Waals surface area contributed by atoms with Crippen LogP contribution in [0.15, 0.2) is 43.0 Å². The maximum atomic E-state index is 5.69. The molecule has 13 heavy (non-hydrogen) atoms. The van der Waals surface area contributed by atoms with Crippen molar-refractivity contribution in [3.8, 4) is 0 Å². The molecule has 1 unspecified atom stereocenters. The number of nitrogens with two attached hydrogens (primary N) is 1. The third-order valence-electron chi connectivity index (χ3n) is 1.62. The van der Waals surface area contributed by atoms with Crippen LogP contribution in [0.3, 0.4) is 0 Å². The predicted octanol–water partition coefficient (Wildman–Crippen LogP) is 2.77. The molecule has 0 saturated carbocycles. The molecule has 0 aliphatic carbocycles. The highest BCUT2D eigenvalue weighted by Crippen LogP contribution is 2.01. The zero-order valence-corrected chi connectivity index (χ0v) is 8.53. The number of rotatable bonds is 3. The van der Waals surface area contributed by atoms with E-state index in [2.05, 4.69) is 18.7 Å². The maximum absolute atomic E-state index is 5.69. The van der Waals surface area contributed by atoms with Gasteiger partial charge >= 0.3 is 0 Å². The van der Waals surface area contributed by atoms with Crippen LogP contribution in [-0.4, -0.2) is 6.04 Å². The van der Waals surface area contributed by atoms with Crippen LogP contribution in [0.25, 0.3) is 0 Å². The van der Waals surface area contributed by atoms with E-state index in [1.54, 1.807) is 6.08 Å². The SMILES string of the molecule is C=CC(N)Cc1ccccc1.CC. The van der Waals surface area contributed by atoms with Crippen LogP contribution in [0, 0.1) is 0 Å². The zero-order chi connectivity index (χ0) is 10.1. The van der Waals surface area contributed by atoms with Gasteiger partial charge in [0.1, 0.15) is 0 Å². The topological polar surface area (TPSA) is 26.0 Å². The van der Waals surface area contributed by atoms with Crippen molar-refractivity contribution in [2.45, 2.75) is 26.3 Å². The Balaban J connectivity index is 0.000000671. The van der Waals surface area contributed by atoms with E-state index in [1.165, 1.54) is 5.56 Å². The predicted molar refractivity (Wildman–Crippen MR) is 59.7 cm³/mol. The van der Waals surface area contributed by atoms with Gasteiger partial charge in [0.15, 0.2) is 0 Å². The van der Waals surface area contributed by atoms with Crippen molar-refractivity contribution in [3.05, 3.63) is 48.6 Å². The van der Waals surface area contributed by atoms with Crippen molar-refractivity contribution >= 4 is 0 Å². The van der Waals surface area contributed by atoms with E-state index in [1.807, 2.05) is 32.0 Å². The molecule has 1 heteroatoms. The van der Waals surface area contributed by atoms with E-state index >= 15 is 0 Å². The van der Waals surface area contributed by atoms with Crippen LogP contribution >= 0.6 is 0 Å². The average molecular weight is 177 g/mol. The van der Waals surface area contributed by atoms with Gasteiger partial charge in [0.2, 0.25) is 0 Å². The fourth-order valence-electron chi connectivity index (χ4n) is 0.970. The lowest BCUT2D eigenvalue weighted by Gasteiger charge is -2.04. The Bertz CT molecular complexity index is 216. The summed E-state index contributed by atoms with van der Waals surface area (Å²) in [6.07, 6.45) is 2.65. The summed E-state index contributed by atoms with van der Waals surface area (Å²) >= 11 is 0. The van der Waals surface area contributed by atoms with Gasteiger partial charge in [0, 0.05) is 6.04 Å². The van der Waals surface area contributed by atoms with Crippen molar-refractivity contribution in [1.29, 1.82) is 0 Å². The summed E-state index contributed by atoms with van der Waals surface area (Å²) in [4.78, 5) is 0. The quantitative estimate of drug-likeness (QED) is 0.706. The Hall–Kier alpha value is -1.08. The first kappa shape index (κ1) is 11.9. The number of hydrogen-bond acceptors (Lipinski definition) is 1. The lowest BCUT2D eigenvalue weighted by Crippen LogP contribution is -2.19.